The summed E-state index contributed by atoms with van der Waals surface area (Å²) in [5, 5.41) is 4.38. The van der Waals surface area contributed by atoms with E-state index in [1.54, 1.807) is 0 Å². The normalized spacial score (nSPS) is 19.2. The van der Waals surface area contributed by atoms with E-state index in [0.29, 0.717) is 6.04 Å². The summed E-state index contributed by atoms with van der Waals surface area (Å²) in [6.07, 6.45) is 6.06. The van der Waals surface area contributed by atoms with Gasteiger partial charge in [-0.1, -0.05) is 37.5 Å². The van der Waals surface area contributed by atoms with Gasteiger partial charge in [0.1, 0.15) is 5.82 Å². The third kappa shape index (κ3) is 3.70. The van der Waals surface area contributed by atoms with Gasteiger partial charge in [0.15, 0.2) is 0 Å². The zero-order valence-corrected chi connectivity index (χ0v) is 14.7. The molecule has 5 heteroatoms. The quantitative estimate of drug-likeness (QED) is 0.913. The van der Waals surface area contributed by atoms with Gasteiger partial charge in [0, 0.05) is 37.6 Å². The first-order valence-electron chi connectivity index (χ1n) is 9.46. The van der Waals surface area contributed by atoms with Crippen molar-refractivity contribution in [3.63, 3.8) is 0 Å². The number of nitrogens with zero attached hydrogens (tertiary/aromatic N) is 3. The highest BCUT2D eigenvalue weighted by Crippen LogP contribution is 2.20. The molecule has 1 aromatic carbocycles. The Morgan fingerprint density at radius 3 is 2.52 bits per heavy atom. The lowest BCUT2D eigenvalue weighted by Gasteiger charge is -2.36. The van der Waals surface area contributed by atoms with Crippen molar-refractivity contribution in [2.24, 2.45) is 0 Å². The lowest BCUT2D eigenvalue weighted by molar-refractivity contribution is 0.186. The number of fused-ring (bicyclic) bond motifs is 1. The van der Waals surface area contributed by atoms with Crippen molar-refractivity contribution in [3.8, 4) is 0 Å². The van der Waals surface area contributed by atoms with Crippen LogP contribution in [-0.4, -0.2) is 48.1 Å². The number of anilines is 1. The minimum Gasteiger partial charge on any atom is -0.353 e. The summed E-state index contributed by atoms with van der Waals surface area (Å²) >= 11 is 0. The van der Waals surface area contributed by atoms with E-state index in [1.165, 1.54) is 19.3 Å². The van der Waals surface area contributed by atoms with Crippen LogP contribution in [0, 0.1) is 0 Å². The number of hydrogen-bond acceptors (Lipinski definition) is 3. The molecule has 1 aromatic heterocycles. The Labute approximate surface area is 149 Å². The number of rotatable bonds is 2. The molecule has 0 spiro atoms. The third-order valence-electron chi connectivity index (χ3n) is 5.41. The maximum absolute atomic E-state index is 12.5. The molecule has 2 aliphatic rings. The van der Waals surface area contributed by atoms with Crippen molar-refractivity contribution in [1.29, 1.82) is 0 Å². The van der Waals surface area contributed by atoms with Crippen LogP contribution in [-0.2, 0) is 0 Å². The van der Waals surface area contributed by atoms with E-state index in [-0.39, 0.29) is 6.03 Å². The average Bonchev–Trinajstić information content (AvgIpc) is 2.68. The summed E-state index contributed by atoms with van der Waals surface area (Å²) in [5.41, 5.74) is 1.03. The molecule has 1 aliphatic carbocycles. The van der Waals surface area contributed by atoms with E-state index in [9.17, 15) is 4.79 Å². The number of benzene rings is 1. The van der Waals surface area contributed by atoms with Crippen molar-refractivity contribution >= 4 is 22.8 Å². The molecule has 2 amide bonds. The molecule has 2 fully saturated rings. The van der Waals surface area contributed by atoms with Gasteiger partial charge in [0.25, 0.3) is 0 Å². The van der Waals surface area contributed by atoms with Crippen LogP contribution in [0.25, 0.3) is 10.9 Å². The van der Waals surface area contributed by atoms with E-state index in [2.05, 4.69) is 28.4 Å². The molecule has 4 rings (SSSR count). The maximum Gasteiger partial charge on any atom is 0.317 e. The monoisotopic (exact) mass is 338 g/mol. The SMILES string of the molecule is O=C(NC1CCCCC1)N1CCN(c2ccc3ccccc3n2)CC1. The highest BCUT2D eigenvalue weighted by atomic mass is 16.2. The van der Waals surface area contributed by atoms with Gasteiger partial charge >= 0.3 is 6.03 Å². The molecular formula is C20H26N4O. The minimum absolute atomic E-state index is 0.109. The summed E-state index contributed by atoms with van der Waals surface area (Å²) in [4.78, 5) is 21.5. The molecule has 1 aliphatic heterocycles. The van der Waals surface area contributed by atoms with Crippen LogP contribution in [0.2, 0.25) is 0 Å². The molecule has 132 valence electrons. The molecule has 0 atom stereocenters. The van der Waals surface area contributed by atoms with Crippen molar-refractivity contribution < 1.29 is 4.79 Å². The second-order valence-electron chi connectivity index (χ2n) is 7.12. The van der Waals surface area contributed by atoms with Crippen molar-refractivity contribution in [1.82, 2.24) is 15.2 Å². The molecule has 5 nitrogen and oxygen atoms in total. The molecular weight excluding hydrogens is 312 g/mol. The molecule has 1 N–H and O–H groups in total. The number of aromatic nitrogens is 1. The number of para-hydroxylation sites is 1. The standard InChI is InChI=1S/C20H26N4O/c25-20(21-17-7-2-1-3-8-17)24-14-12-23(13-15-24)19-11-10-16-6-4-5-9-18(16)22-19/h4-6,9-11,17H,1-3,7-8,12-15H2,(H,21,25). The van der Waals surface area contributed by atoms with Crippen LogP contribution in [0.15, 0.2) is 36.4 Å². The van der Waals surface area contributed by atoms with Gasteiger partial charge in [-0.25, -0.2) is 9.78 Å². The summed E-state index contributed by atoms with van der Waals surface area (Å²) in [5.74, 6) is 1.01. The minimum atomic E-state index is 0.109. The Balaban J connectivity index is 1.34. The molecule has 0 unspecified atom stereocenters. The topological polar surface area (TPSA) is 48.5 Å². The Morgan fingerprint density at radius 2 is 1.72 bits per heavy atom. The van der Waals surface area contributed by atoms with E-state index >= 15 is 0 Å². The third-order valence-corrected chi connectivity index (χ3v) is 5.41. The summed E-state index contributed by atoms with van der Waals surface area (Å²) < 4.78 is 0. The maximum atomic E-state index is 12.5. The van der Waals surface area contributed by atoms with Gasteiger partial charge in [-0.15, -0.1) is 0 Å². The lowest BCUT2D eigenvalue weighted by atomic mass is 9.96. The number of amides is 2. The van der Waals surface area contributed by atoms with Crippen molar-refractivity contribution in [2.75, 3.05) is 31.1 Å². The summed E-state index contributed by atoms with van der Waals surface area (Å²) in [7, 11) is 0. The number of nitrogens with one attached hydrogen (secondary N) is 1. The van der Waals surface area contributed by atoms with Crippen molar-refractivity contribution in [3.05, 3.63) is 36.4 Å². The van der Waals surface area contributed by atoms with Gasteiger partial charge in [-0.3, -0.25) is 0 Å². The Hall–Kier alpha value is -2.30. The van der Waals surface area contributed by atoms with E-state index in [4.69, 9.17) is 4.98 Å². The number of urea groups is 1. The number of carbonyl (C=O) groups is 1. The number of piperazine rings is 1. The van der Waals surface area contributed by atoms with Crippen LogP contribution in [0.3, 0.4) is 0 Å². The average molecular weight is 338 g/mol. The first kappa shape index (κ1) is 16.2. The fourth-order valence-corrected chi connectivity index (χ4v) is 3.88. The molecule has 0 radical (unpaired) electrons. The lowest BCUT2D eigenvalue weighted by Crippen LogP contribution is -2.53. The predicted molar refractivity (Wildman–Crippen MR) is 101 cm³/mol. The van der Waals surface area contributed by atoms with Crippen LogP contribution in [0.4, 0.5) is 10.6 Å². The second-order valence-corrected chi connectivity index (χ2v) is 7.12. The number of carbonyl (C=O) groups excluding carboxylic acids is 1. The van der Waals surface area contributed by atoms with Gasteiger partial charge in [-0.2, -0.15) is 0 Å². The van der Waals surface area contributed by atoms with Gasteiger partial charge < -0.3 is 15.1 Å². The Bertz CT molecular complexity index is 733. The Kier molecular flexibility index (Phi) is 4.72. The summed E-state index contributed by atoms with van der Waals surface area (Å²) in [6.45, 7) is 3.19. The second kappa shape index (κ2) is 7.30. The largest absolute Gasteiger partial charge is 0.353 e. The first-order chi connectivity index (χ1) is 12.3. The summed E-state index contributed by atoms with van der Waals surface area (Å²) in [6, 6.07) is 12.9. The molecule has 2 aromatic rings. The van der Waals surface area contributed by atoms with Gasteiger partial charge in [-0.05, 0) is 31.0 Å². The fraction of sp³-hybridized carbons (Fsp3) is 0.500. The molecule has 0 bridgehead atoms. The molecule has 25 heavy (non-hydrogen) atoms. The van der Waals surface area contributed by atoms with E-state index in [0.717, 1.165) is 55.7 Å². The van der Waals surface area contributed by atoms with Crippen LogP contribution in [0.1, 0.15) is 32.1 Å². The highest BCUT2D eigenvalue weighted by Gasteiger charge is 2.24. The van der Waals surface area contributed by atoms with Crippen LogP contribution < -0.4 is 10.2 Å². The van der Waals surface area contributed by atoms with E-state index in [1.807, 2.05) is 23.1 Å². The number of pyridine rings is 1. The predicted octanol–water partition coefficient (Wildman–Crippen LogP) is 3.40. The molecule has 2 heterocycles. The van der Waals surface area contributed by atoms with Crippen molar-refractivity contribution in [2.45, 2.75) is 38.1 Å². The molecule has 1 saturated carbocycles. The van der Waals surface area contributed by atoms with E-state index < -0.39 is 0 Å². The fourth-order valence-electron chi connectivity index (χ4n) is 3.88. The van der Waals surface area contributed by atoms with Gasteiger partial charge in [0.05, 0.1) is 5.52 Å². The van der Waals surface area contributed by atoms with Crippen LogP contribution in [0.5, 0.6) is 0 Å². The van der Waals surface area contributed by atoms with Gasteiger partial charge in [0.2, 0.25) is 0 Å². The molecule has 1 saturated heterocycles. The Morgan fingerprint density at radius 1 is 0.960 bits per heavy atom. The smallest absolute Gasteiger partial charge is 0.317 e. The number of hydrogen-bond donors (Lipinski definition) is 1. The highest BCUT2D eigenvalue weighted by molar-refractivity contribution is 5.80. The first-order valence-corrected chi connectivity index (χ1v) is 9.46. The zero-order chi connectivity index (χ0) is 17.1. The zero-order valence-electron chi connectivity index (χ0n) is 14.7. The van der Waals surface area contributed by atoms with Crippen LogP contribution >= 0.6 is 0 Å².